The van der Waals surface area contributed by atoms with E-state index < -0.39 is 0 Å². The monoisotopic (exact) mass is 173 g/mol. The van der Waals surface area contributed by atoms with Crippen LogP contribution in [0.2, 0.25) is 0 Å². The average molecular weight is 173 g/mol. The number of carbonyl (C=O) groups excluding carboxylic acids is 1. The van der Waals surface area contributed by atoms with Gasteiger partial charge in [-0.05, 0) is 13.8 Å². The molecule has 0 aliphatic heterocycles. The van der Waals surface area contributed by atoms with Crippen molar-refractivity contribution >= 4 is 5.91 Å². The van der Waals surface area contributed by atoms with Gasteiger partial charge in [-0.3, -0.25) is 4.79 Å². The van der Waals surface area contributed by atoms with Crippen LogP contribution in [0.25, 0.3) is 0 Å². The Morgan fingerprint density at radius 1 is 1.42 bits per heavy atom. The maximum absolute atomic E-state index is 11.0. The number of hydrogen-bond donors (Lipinski definition) is 3. The molecular formula is C8H19N3O. The summed E-state index contributed by atoms with van der Waals surface area (Å²) < 4.78 is 0. The van der Waals surface area contributed by atoms with Crippen molar-refractivity contribution in [1.82, 2.24) is 10.6 Å². The first-order chi connectivity index (χ1) is 5.66. The zero-order valence-corrected chi connectivity index (χ0v) is 7.89. The van der Waals surface area contributed by atoms with Gasteiger partial charge in [0.2, 0.25) is 5.91 Å². The van der Waals surface area contributed by atoms with Gasteiger partial charge in [-0.2, -0.15) is 0 Å². The minimum atomic E-state index is 0.0921. The van der Waals surface area contributed by atoms with Crippen LogP contribution in [0, 0.1) is 0 Å². The molecule has 0 heterocycles. The first-order valence-electron chi connectivity index (χ1n) is 4.37. The van der Waals surface area contributed by atoms with E-state index in [1.54, 1.807) is 0 Å². The molecule has 0 spiro atoms. The Hall–Kier alpha value is -0.610. The molecule has 0 fully saturated rings. The molecule has 0 saturated carbocycles. The highest BCUT2D eigenvalue weighted by atomic mass is 16.1. The molecule has 72 valence electrons. The molecule has 0 aromatic carbocycles. The van der Waals surface area contributed by atoms with Crippen molar-refractivity contribution in [3.63, 3.8) is 0 Å². The summed E-state index contributed by atoms with van der Waals surface area (Å²) in [6, 6.07) is 0.229. The highest BCUT2D eigenvalue weighted by Crippen LogP contribution is 1.81. The molecule has 12 heavy (non-hydrogen) atoms. The molecule has 0 aromatic rings. The van der Waals surface area contributed by atoms with Crippen LogP contribution in [0.15, 0.2) is 0 Å². The standard InChI is InChI=1S/C8H19N3O/c1-7(2)11-8(12)3-5-10-6-4-9/h7,10H,3-6,9H2,1-2H3,(H,11,12). The van der Waals surface area contributed by atoms with Crippen molar-refractivity contribution in [2.24, 2.45) is 5.73 Å². The van der Waals surface area contributed by atoms with Gasteiger partial charge < -0.3 is 16.4 Å². The Bertz CT molecular complexity index is 125. The van der Waals surface area contributed by atoms with E-state index in [9.17, 15) is 4.79 Å². The molecule has 0 unspecified atom stereocenters. The zero-order valence-electron chi connectivity index (χ0n) is 7.89. The van der Waals surface area contributed by atoms with Gasteiger partial charge in [0.1, 0.15) is 0 Å². The van der Waals surface area contributed by atoms with Crippen molar-refractivity contribution in [1.29, 1.82) is 0 Å². The summed E-state index contributed by atoms with van der Waals surface area (Å²) in [5.74, 6) is 0.0921. The van der Waals surface area contributed by atoms with Gasteiger partial charge in [0, 0.05) is 32.1 Å². The minimum Gasteiger partial charge on any atom is -0.354 e. The van der Waals surface area contributed by atoms with Crippen LogP contribution in [0.3, 0.4) is 0 Å². The molecule has 4 heteroatoms. The molecule has 0 atom stereocenters. The Morgan fingerprint density at radius 3 is 2.58 bits per heavy atom. The SMILES string of the molecule is CC(C)NC(=O)CCNCCN. The number of nitrogens with two attached hydrogens (primary N) is 1. The maximum Gasteiger partial charge on any atom is 0.221 e. The van der Waals surface area contributed by atoms with Crippen molar-refractivity contribution < 1.29 is 4.79 Å². The molecule has 0 saturated heterocycles. The van der Waals surface area contributed by atoms with Gasteiger partial charge in [0.05, 0.1) is 0 Å². The van der Waals surface area contributed by atoms with Crippen molar-refractivity contribution in [3.8, 4) is 0 Å². The van der Waals surface area contributed by atoms with Crippen molar-refractivity contribution in [2.75, 3.05) is 19.6 Å². The molecule has 0 aliphatic carbocycles. The molecule has 0 aliphatic rings. The smallest absolute Gasteiger partial charge is 0.221 e. The number of amides is 1. The van der Waals surface area contributed by atoms with Crippen LogP contribution in [0.4, 0.5) is 0 Å². The molecule has 0 radical (unpaired) electrons. The van der Waals surface area contributed by atoms with Gasteiger partial charge in [-0.15, -0.1) is 0 Å². The Morgan fingerprint density at radius 2 is 2.08 bits per heavy atom. The predicted octanol–water partition coefficient (Wildman–Crippen LogP) is -0.551. The highest BCUT2D eigenvalue weighted by molar-refractivity contribution is 5.76. The van der Waals surface area contributed by atoms with E-state index in [0.29, 0.717) is 19.5 Å². The summed E-state index contributed by atoms with van der Waals surface area (Å²) in [5.41, 5.74) is 5.26. The number of rotatable bonds is 6. The van der Waals surface area contributed by atoms with E-state index in [2.05, 4.69) is 10.6 Å². The third-order valence-corrected chi connectivity index (χ3v) is 1.30. The van der Waals surface area contributed by atoms with Gasteiger partial charge in [0.15, 0.2) is 0 Å². The molecule has 0 bridgehead atoms. The quantitative estimate of drug-likeness (QED) is 0.472. The van der Waals surface area contributed by atoms with E-state index >= 15 is 0 Å². The third kappa shape index (κ3) is 7.50. The molecule has 0 aromatic heterocycles. The number of nitrogens with one attached hydrogen (secondary N) is 2. The van der Waals surface area contributed by atoms with Crippen LogP contribution in [-0.2, 0) is 4.79 Å². The number of carbonyl (C=O) groups is 1. The maximum atomic E-state index is 11.0. The molecule has 1 amide bonds. The summed E-state index contributed by atoms with van der Waals surface area (Å²) in [4.78, 5) is 11.0. The van der Waals surface area contributed by atoms with E-state index in [4.69, 9.17) is 5.73 Å². The first-order valence-corrected chi connectivity index (χ1v) is 4.37. The second-order valence-corrected chi connectivity index (χ2v) is 3.01. The molecule has 4 nitrogen and oxygen atoms in total. The summed E-state index contributed by atoms with van der Waals surface area (Å²) >= 11 is 0. The summed E-state index contributed by atoms with van der Waals surface area (Å²) in [5, 5.41) is 5.86. The van der Waals surface area contributed by atoms with E-state index in [1.165, 1.54) is 0 Å². The molecule has 4 N–H and O–H groups in total. The van der Waals surface area contributed by atoms with Crippen LogP contribution in [0.1, 0.15) is 20.3 Å². The van der Waals surface area contributed by atoms with Crippen LogP contribution >= 0.6 is 0 Å². The topological polar surface area (TPSA) is 67.2 Å². The minimum absolute atomic E-state index is 0.0921. The Balaban J connectivity index is 3.20. The highest BCUT2D eigenvalue weighted by Gasteiger charge is 2.00. The molecule has 0 rings (SSSR count). The lowest BCUT2D eigenvalue weighted by Crippen LogP contribution is -2.33. The fourth-order valence-electron chi connectivity index (χ4n) is 0.823. The van der Waals surface area contributed by atoms with E-state index in [0.717, 1.165) is 6.54 Å². The Kier molecular flexibility index (Phi) is 6.70. The normalized spacial score (nSPS) is 10.3. The lowest BCUT2D eigenvalue weighted by atomic mass is 10.3. The Labute approximate surface area is 73.9 Å². The van der Waals surface area contributed by atoms with Crippen molar-refractivity contribution in [2.45, 2.75) is 26.3 Å². The van der Waals surface area contributed by atoms with Crippen LogP contribution in [0.5, 0.6) is 0 Å². The van der Waals surface area contributed by atoms with Crippen LogP contribution < -0.4 is 16.4 Å². The van der Waals surface area contributed by atoms with Crippen LogP contribution in [-0.4, -0.2) is 31.6 Å². The largest absolute Gasteiger partial charge is 0.354 e. The van der Waals surface area contributed by atoms with E-state index in [-0.39, 0.29) is 11.9 Å². The average Bonchev–Trinajstić information content (AvgIpc) is 1.97. The lowest BCUT2D eigenvalue weighted by Gasteiger charge is -2.08. The second kappa shape index (κ2) is 7.06. The predicted molar refractivity (Wildman–Crippen MR) is 49.8 cm³/mol. The van der Waals surface area contributed by atoms with Gasteiger partial charge >= 0.3 is 0 Å². The fourth-order valence-corrected chi connectivity index (χ4v) is 0.823. The van der Waals surface area contributed by atoms with E-state index in [1.807, 2.05) is 13.8 Å². The van der Waals surface area contributed by atoms with Gasteiger partial charge in [-0.1, -0.05) is 0 Å². The van der Waals surface area contributed by atoms with Crippen molar-refractivity contribution in [3.05, 3.63) is 0 Å². The summed E-state index contributed by atoms with van der Waals surface area (Å²) in [7, 11) is 0. The lowest BCUT2D eigenvalue weighted by molar-refractivity contribution is -0.121. The second-order valence-electron chi connectivity index (χ2n) is 3.01. The summed E-state index contributed by atoms with van der Waals surface area (Å²) in [6.45, 7) is 5.99. The van der Waals surface area contributed by atoms with Gasteiger partial charge in [0.25, 0.3) is 0 Å². The molecular weight excluding hydrogens is 154 g/mol. The summed E-state index contributed by atoms with van der Waals surface area (Å²) in [6.07, 6.45) is 0.526. The fraction of sp³-hybridized carbons (Fsp3) is 0.875. The van der Waals surface area contributed by atoms with Gasteiger partial charge in [-0.25, -0.2) is 0 Å². The third-order valence-electron chi connectivity index (χ3n) is 1.30. The zero-order chi connectivity index (χ0) is 9.40. The number of hydrogen-bond acceptors (Lipinski definition) is 3. The first kappa shape index (κ1) is 11.4.